The van der Waals surface area contributed by atoms with Crippen LogP contribution >= 0.6 is 11.6 Å². The van der Waals surface area contributed by atoms with E-state index in [0.717, 1.165) is 64.3 Å². The highest BCUT2D eigenvalue weighted by Crippen LogP contribution is 2.27. The number of furan rings is 2. The van der Waals surface area contributed by atoms with Crippen molar-refractivity contribution in [2.75, 3.05) is 11.1 Å². The minimum atomic E-state index is -1.12. The first-order chi connectivity index (χ1) is 27.4. The van der Waals surface area contributed by atoms with Crippen LogP contribution in [0.3, 0.4) is 0 Å². The van der Waals surface area contributed by atoms with Gasteiger partial charge in [0.2, 0.25) is 0 Å². The fourth-order valence-electron chi connectivity index (χ4n) is 5.32. The minimum Gasteiger partial charge on any atom is -0.463 e. The van der Waals surface area contributed by atoms with Crippen LogP contribution in [0.2, 0.25) is 0 Å². The van der Waals surface area contributed by atoms with Gasteiger partial charge in [-0.1, -0.05) is 12.1 Å². The molecule has 0 saturated carbocycles. The van der Waals surface area contributed by atoms with Gasteiger partial charge in [-0.25, -0.2) is 27.5 Å². The SMILES string of the molecule is Cn1nc(-c2ccco2)cc1-c1ccc(N)nc1.Cn1nc(-c2ccco2)cc1-c1ccc(NC(=O)c2c(F)cccc2F)nc1.O=C(Cl)c1c(F)cccc1F. The molecule has 0 aliphatic rings. The zero-order chi connectivity index (χ0) is 40.6. The summed E-state index contributed by atoms with van der Waals surface area (Å²) in [6.45, 7) is 0. The van der Waals surface area contributed by atoms with Crippen LogP contribution in [0.5, 0.6) is 0 Å². The van der Waals surface area contributed by atoms with Gasteiger partial charge in [0.1, 0.15) is 57.4 Å². The first-order valence-corrected chi connectivity index (χ1v) is 17.0. The first-order valence-electron chi connectivity index (χ1n) is 16.6. The van der Waals surface area contributed by atoms with Crippen LogP contribution in [-0.4, -0.2) is 40.7 Å². The van der Waals surface area contributed by atoms with Gasteiger partial charge in [-0.15, -0.1) is 0 Å². The van der Waals surface area contributed by atoms with E-state index >= 15 is 0 Å². The molecule has 288 valence electrons. The van der Waals surface area contributed by atoms with E-state index in [4.69, 9.17) is 26.2 Å². The Morgan fingerprint density at radius 2 is 1.12 bits per heavy atom. The molecule has 6 aromatic heterocycles. The van der Waals surface area contributed by atoms with Crippen molar-refractivity contribution in [1.82, 2.24) is 29.5 Å². The van der Waals surface area contributed by atoms with Crippen molar-refractivity contribution in [2.24, 2.45) is 14.1 Å². The molecule has 0 aliphatic carbocycles. The molecule has 2 aromatic carbocycles. The Bertz CT molecular complexity index is 2590. The summed E-state index contributed by atoms with van der Waals surface area (Å²) in [7, 11) is 3.68. The second-order valence-electron chi connectivity index (χ2n) is 11.9. The third-order valence-electron chi connectivity index (χ3n) is 8.04. The summed E-state index contributed by atoms with van der Waals surface area (Å²) in [5.74, 6) is -2.58. The number of nitrogens with zero attached hydrogens (tertiary/aromatic N) is 6. The topological polar surface area (TPSA) is 160 Å². The van der Waals surface area contributed by atoms with Gasteiger partial charge >= 0.3 is 0 Å². The van der Waals surface area contributed by atoms with Gasteiger partial charge in [0.05, 0.1) is 23.9 Å². The number of hydrogen-bond donors (Lipinski definition) is 2. The second-order valence-corrected chi connectivity index (χ2v) is 12.2. The molecule has 3 N–H and O–H groups in total. The zero-order valence-corrected chi connectivity index (χ0v) is 30.6. The smallest absolute Gasteiger partial charge is 0.262 e. The highest BCUT2D eigenvalue weighted by molar-refractivity contribution is 6.67. The van der Waals surface area contributed by atoms with Crippen molar-refractivity contribution >= 4 is 34.4 Å². The fourth-order valence-corrected chi connectivity index (χ4v) is 5.50. The maximum Gasteiger partial charge on any atom is 0.262 e. The van der Waals surface area contributed by atoms with Crippen LogP contribution in [0, 0.1) is 23.3 Å². The Kier molecular flexibility index (Phi) is 12.0. The number of nitrogens with one attached hydrogen (secondary N) is 1. The predicted octanol–water partition coefficient (Wildman–Crippen LogP) is 8.94. The van der Waals surface area contributed by atoms with Crippen LogP contribution in [-0.2, 0) is 14.1 Å². The van der Waals surface area contributed by atoms with Gasteiger partial charge in [-0.05, 0) is 96.5 Å². The number of nitrogen functional groups attached to an aromatic ring is 1. The van der Waals surface area contributed by atoms with Crippen molar-refractivity contribution in [2.45, 2.75) is 0 Å². The van der Waals surface area contributed by atoms with E-state index in [1.165, 1.54) is 12.3 Å². The maximum absolute atomic E-state index is 13.7. The molecule has 0 spiro atoms. The molecule has 6 heterocycles. The van der Waals surface area contributed by atoms with Gasteiger partial charge in [0, 0.05) is 37.6 Å². The van der Waals surface area contributed by atoms with Crippen molar-refractivity contribution in [3.8, 4) is 45.4 Å². The molecule has 8 aromatic rings. The molecule has 0 unspecified atom stereocenters. The number of aryl methyl sites for hydroxylation is 2. The van der Waals surface area contributed by atoms with E-state index in [1.54, 1.807) is 59.4 Å². The summed E-state index contributed by atoms with van der Waals surface area (Å²) in [5, 5.41) is 10.1. The summed E-state index contributed by atoms with van der Waals surface area (Å²) in [6, 6.07) is 24.4. The summed E-state index contributed by atoms with van der Waals surface area (Å²) in [4.78, 5) is 30.7. The van der Waals surface area contributed by atoms with Gasteiger partial charge in [-0.2, -0.15) is 10.2 Å². The molecule has 0 bridgehead atoms. The number of amides is 1. The van der Waals surface area contributed by atoms with Crippen LogP contribution in [0.1, 0.15) is 20.7 Å². The molecular weight excluding hydrogens is 768 g/mol. The largest absolute Gasteiger partial charge is 0.463 e. The maximum atomic E-state index is 13.7. The molecular formula is C40H29ClF4N8O4. The second kappa shape index (κ2) is 17.4. The average molecular weight is 797 g/mol. The Labute approximate surface area is 326 Å². The number of carbonyl (C=O) groups excluding carboxylic acids is 2. The summed E-state index contributed by atoms with van der Waals surface area (Å²) >= 11 is 4.89. The lowest BCUT2D eigenvalue weighted by Crippen LogP contribution is -2.16. The molecule has 8 rings (SSSR count). The number of nitrogens with two attached hydrogens (primary N) is 1. The lowest BCUT2D eigenvalue weighted by atomic mass is 10.1. The average Bonchev–Trinajstić information content (AvgIpc) is 4.01. The third kappa shape index (κ3) is 9.32. The van der Waals surface area contributed by atoms with Crippen molar-refractivity contribution < 1.29 is 36.0 Å². The Balaban J connectivity index is 0.000000161. The quantitative estimate of drug-likeness (QED) is 0.119. The van der Waals surface area contributed by atoms with Crippen molar-refractivity contribution in [1.29, 1.82) is 0 Å². The predicted molar refractivity (Wildman–Crippen MR) is 204 cm³/mol. The number of benzene rings is 2. The van der Waals surface area contributed by atoms with Gasteiger partial charge < -0.3 is 19.9 Å². The molecule has 0 aliphatic heterocycles. The molecule has 57 heavy (non-hydrogen) atoms. The minimum absolute atomic E-state index is 0.171. The molecule has 0 fully saturated rings. The Morgan fingerprint density at radius 3 is 1.51 bits per heavy atom. The van der Waals surface area contributed by atoms with E-state index in [2.05, 4.69) is 25.5 Å². The normalized spacial score (nSPS) is 10.6. The van der Waals surface area contributed by atoms with E-state index in [1.807, 2.05) is 43.4 Å². The van der Waals surface area contributed by atoms with Crippen LogP contribution in [0.15, 0.2) is 131 Å². The lowest BCUT2D eigenvalue weighted by Gasteiger charge is -2.07. The molecule has 12 nitrogen and oxygen atoms in total. The summed E-state index contributed by atoms with van der Waals surface area (Å²) in [5.41, 5.74) is 9.18. The van der Waals surface area contributed by atoms with E-state index in [9.17, 15) is 27.2 Å². The number of anilines is 2. The van der Waals surface area contributed by atoms with Crippen LogP contribution in [0.4, 0.5) is 29.2 Å². The molecule has 0 radical (unpaired) electrons. The number of aromatic nitrogens is 6. The summed E-state index contributed by atoms with van der Waals surface area (Å²) < 4.78 is 66.7. The van der Waals surface area contributed by atoms with Gasteiger partial charge in [0.15, 0.2) is 11.5 Å². The molecule has 17 heteroatoms. The third-order valence-corrected chi connectivity index (χ3v) is 8.23. The highest BCUT2D eigenvalue weighted by Gasteiger charge is 2.18. The Morgan fingerprint density at radius 1 is 0.649 bits per heavy atom. The van der Waals surface area contributed by atoms with Gasteiger partial charge in [-0.3, -0.25) is 19.0 Å². The van der Waals surface area contributed by atoms with Crippen molar-refractivity contribution in [3.05, 3.63) is 156 Å². The number of halogens is 5. The number of pyridine rings is 2. The highest BCUT2D eigenvalue weighted by atomic mass is 35.5. The van der Waals surface area contributed by atoms with Crippen LogP contribution in [0.25, 0.3) is 45.4 Å². The monoisotopic (exact) mass is 796 g/mol. The standard InChI is InChI=1S/C20H14F2N4O2.C13H12N4O.C7H3ClF2O/c1-26-16(10-15(25-26)17-6-3-9-28-17)12-7-8-18(23-11-12)24-20(27)19-13(21)4-2-5-14(19)22;1-17-11(9-4-5-13(14)15-8-9)7-10(16-17)12-3-2-6-18-12;8-7(11)6-4(9)2-1-3-5(6)10/h2-11H,1H3,(H,23,24,27);2-8H,1H3,(H2,14,15);1-3H. The molecule has 0 atom stereocenters. The van der Waals surface area contributed by atoms with E-state index < -0.39 is 45.5 Å². The lowest BCUT2D eigenvalue weighted by molar-refractivity contribution is 0.101. The van der Waals surface area contributed by atoms with Gasteiger partial charge in [0.25, 0.3) is 11.1 Å². The number of carbonyl (C=O) groups is 2. The number of rotatable bonds is 7. The molecule has 1 amide bonds. The van der Waals surface area contributed by atoms with Crippen molar-refractivity contribution in [3.63, 3.8) is 0 Å². The fraction of sp³-hybridized carbons (Fsp3) is 0.0500. The summed E-state index contributed by atoms with van der Waals surface area (Å²) in [6.07, 6.45) is 6.48. The zero-order valence-electron chi connectivity index (χ0n) is 29.8. The first kappa shape index (κ1) is 39.4. The number of hydrogen-bond acceptors (Lipinski definition) is 9. The molecule has 0 saturated heterocycles. The van der Waals surface area contributed by atoms with E-state index in [-0.39, 0.29) is 5.82 Å². The Hall–Kier alpha value is -7.33. The van der Waals surface area contributed by atoms with E-state index in [0.29, 0.717) is 17.3 Å². The van der Waals surface area contributed by atoms with Crippen LogP contribution < -0.4 is 11.1 Å².